The zero-order valence-electron chi connectivity index (χ0n) is 19.0. The van der Waals surface area contributed by atoms with Gasteiger partial charge in [-0.1, -0.05) is 78.9 Å². The number of hydrogen-bond acceptors (Lipinski definition) is 4. The Kier molecular flexibility index (Phi) is 6.45. The minimum absolute atomic E-state index is 0.401. The molecular weight excluding hydrogens is 406 g/mol. The van der Waals surface area contributed by atoms with E-state index in [1.54, 1.807) is 7.11 Å². The highest BCUT2D eigenvalue weighted by Gasteiger charge is 2.26. The van der Waals surface area contributed by atoms with Gasteiger partial charge < -0.3 is 4.74 Å². The van der Waals surface area contributed by atoms with Crippen molar-refractivity contribution in [2.24, 2.45) is 0 Å². The third kappa shape index (κ3) is 4.96. The first kappa shape index (κ1) is 21.4. The summed E-state index contributed by atoms with van der Waals surface area (Å²) >= 11 is 0. The van der Waals surface area contributed by atoms with E-state index in [9.17, 15) is 0 Å². The van der Waals surface area contributed by atoms with Crippen LogP contribution in [0.3, 0.4) is 0 Å². The minimum atomic E-state index is 0.401. The third-order valence-corrected chi connectivity index (χ3v) is 6.55. The fourth-order valence-corrected chi connectivity index (χ4v) is 4.86. The molecule has 0 N–H and O–H groups in total. The number of nitrogens with zero attached hydrogens (tertiary/aromatic N) is 3. The average Bonchev–Trinajstić information content (AvgIpc) is 2.89. The van der Waals surface area contributed by atoms with Crippen molar-refractivity contribution in [3.8, 4) is 17.1 Å². The van der Waals surface area contributed by atoms with E-state index in [2.05, 4.69) is 93.7 Å². The maximum Gasteiger partial charge on any atom is 0.316 e. The molecule has 1 aliphatic rings. The molecule has 1 aromatic heterocycles. The predicted molar refractivity (Wildman–Crippen MR) is 132 cm³/mol. The highest BCUT2D eigenvalue weighted by molar-refractivity contribution is 5.68. The molecule has 1 heterocycles. The van der Waals surface area contributed by atoms with Crippen LogP contribution in [0.1, 0.15) is 28.7 Å². The lowest BCUT2D eigenvalue weighted by atomic mass is 9.83. The zero-order valence-corrected chi connectivity index (χ0v) is 19.0. The highest BCUT2D eigenvalue weighted by atomic mass is 16.5. The first-order valence-electron chi connectivity index (χ1n) is 11.6. The number of benzene rings is 3. The second kappa shape index (κ2) is 9.97. The summed E-state index contributed by atoms with van der Waals surface area (Å²) in [6.07, 6.45) is 7.02. The van der Waals surface area contributed by atoms with Crippen molar-refractivity contribution in [1.29, 1.82) is 0 Å². The minimum Gasteiger partial charge on any atom is -0.467 e. The SMILES string of the molecule is COc1ncc(-c2cccc3c2C[C@H](N(Cc2ccccc2)Cc2ccccc2)CC3)cn1. The predicted octanol–water partition coefficient (Wildman–Crippen LogP) is 5.71. The van der Waals surface area contributed by atoms with Gasteiger partial charge in [-0.25, -0.2) is 9.97 Å². The van der Waals surface area contributed by atoms with E-state index in [1.807, 2.05) is 12.4 Å². The molecule has 0 spiro atoms. The highest BCUT2D eigenvalue weighted by Crippen LogP contribution is 2.34. The molecule has 33 heavy (non-hydrogen) atoms. The molecule has 1 aliphatic carbocycles. The Bertz CT molecular complexity index is 1140. The summed E-state index contributed by atoms with van der Waals surface area (Å²) in [6, 6.07) is 29.1. The Labute approximate surface area is 195 Å². The van der Waals surface area contributed by atoms with E-state index in [1.165, 1.54) is 27.8 Å². The molecule has 166 valence electrons. The molecule has 4 nitrogen and oxygen atoms in total. The number of aromatic nitrogens is 2. The maximum atomic E-state index is 5.15. The Balaban J connectivity index is 1.45. The fourth-order valence-electron chi connectivity index (χ4n) is 4.86. The van der Waals surface area contributed by atoms with Crippen molar-refractivity contribution in [2.45, 2.75) is 38.4 Å². The Morgan fingerprint density at radius 2 is 1.45 bits per heavy atom. The standard InChI is InChI=1S/C29H29N3O/c1-33-29-30-18-25(19-31-29)27-14-8-13-24-15-16-26(17-28(24)27)32(20-22-9-4-2-5-10-22)21-23-11-6-3-7-12-23/h2-14,18-19,26H,15-17,20-21H2,1H3/t26-/m1/s1. The molecule has 0 unspecified atom stereocenters. The summed E-state index contributed by atoms with van der Waals surface area (Å²) in [7, 11) is 1.60. The van der Waals surface area contributed by atoms with Gasteiger partial charge in [0, 0.05) is 37.1 Å². The van der Waals surface area contributed by atoms with Gasteiger partial charge in [-0.3, -0.25) is 4.90 Å². The van der Waals surface area contributed by atoms with Crippen molar-refractivity contribution >= 4 is 0 Å². The fraction of sp³-hybridized carbons (Fsp3) is 0.241. The quantitative estimate of drug-likeness (QED) is 0.373. The summed E-state index contributed by atoms with van der Waals surface area (Å²) in [4.78, 5) is 11.3. The van der Waals surface area contributed by atoms with Crippen molar-refractivity contribution in [3.05, 3.63) is 114 Å². The number of aryl methyl sites for hydroxylation is 1. The summed E-state index contributed by atoms with van der Waals surface area (Å²) in [5.41, 5.74) is 7.87. The summed E-state index contributed by atoms with van der Waals surface area (Å²) in [6.45, 7) is 1.90. The largest absolute Gasteiger partial charge is 0.467 e. The van der Waals surface area contributed by atoms with Crippen molar-refractivity contribution in [1.82, 2.24) is 14.9 Å². The van der Waals surface area contributed by atoms with Gasteiger partial charge in [-0.2, -0.15) is 0 Å². The topological polar surface area (TPSA) is 38.2 Å². The number of rotatable bonds is 7. The number of hydrogen-bond donors (Lipinski definition) is 0. The Morgan fingerprint density at radius 1 is 0.818 bits per heavy atom. The van der Waals surface area contributed by atoms with E-state index < -0.39 is 0 Å². The van der Waals surface area contributed by atoms with Gasteiger partial charge in [0.05, 0.1) is 7.11 Å². The molecule has 1 atom stereocenters. The molecule has 4 heteroatoms. The van der Waals surface area contributed by atoms with Gasteiger partial charge in [-0.15, -0.1) is 0 Å². The lowest BCUT2D eigenvalue weighted by Gasteiger charge is -2.36. The lowest BCUT2D eigenvalue weighted by Crippen LogP contribution is -2.38. The monoisotopic (exact) mass is 435 g/mol. The van der Waals surface area contributed by atoms with Crippen molar-refractivity contribution < 1.29 is 4.74 Å². The number of ether oxygens (including phenoxy) is 1. The normalized spacial score (nSPS) is 15.3. The van der Waals surface area contributed by atoms with Crippen molar-refractivity contribution in [2.75, 3.05) is 7.11 Å². The second-order valence-corrected chi connectivity index (χ2v) is 8.67. The number of methoxy groups -OCH3 is 1. The zero-order chi connectivity index (χ0) is 22.5. The van der Waals surface area contributed by atoms with Crippen LogP contribution >= 0.6 is 0 Å². The van der Waals surface area contributed by atoms with Gasteiger partial charge in [0.2, 0.25) is 0 Å². The van der Waals surface area contributed by atoms with Crippen LogP contribution in [0.15, 0.2) is 91.3 Å². The summed E-state index contributed by atoms with van der Waals surface area (Å²) in [5, 5.41) is 0. The molecule has 0 saturated carbocycles. The van der Waals surface area contributed by atoms with E-state index in [0.717, 1.165) is 37.9 Å². The molecule has 4 aromatic rings. The van der Waals surface area contributed by atoms with E-state index >= 15 is 0 Å². The van der Waals surface area contributed by atoms with Gasteiger partial charge in [-0.05, 0) is 47.1 Å². The summed E-state index contributed by atoms with van der Waals surface area (Å²) < 4.78 is 5.15. The number of fused-ring (bicyclic) bond motifs is 1. The maximum absolute atomic E-state index is 5.15. The van der Waals surface area contributed by atoms with Gasteiger partial charge in [0.15, 0.2) is 0 Å². The van der Waals surface area contributed by atoms with Crippen LogP contribution in [0.2, 0.25) is 0 Å². The van der Waals surface area contributed by atoms with Crippen LogP contribution in [0.4, 0.5) is 0 Å². The molecule has 0 amide bonds. The van der Waals surface area contributed by atoms with Crippen LogP contribution in [-0.4, -0.2) is 28.0 Å². The van der Waals surface area contributed by atoms with E-state index in [4.69, 9.17) is 4.74 Å². The lowest BCUT2D eigenvalue weighted by molar-refractivity contribution is 0.162. The van der Waals surface area contributed by atoms with Crippen molar-refractivity contribution in [3.63, 3.8) is 0 Å². The molecule has 0 bridgehead atoms. The van der Waals surface area contributed by atoms with Crippen LogP contribution < -0.4 is 4.74 Å². The van der Waals surface area contributed by atoms with E-state index in [-0.39, 0.29) is 0 Å². The molecule has 0 fully saturated rings. The Hall–Kier alpha value is -3.50. The van der Waals surface area contributed by atoms with Gasteiger partial charge in [0.1, 0.15) is 0 Å². The second-order valence-electron chi connectivity index (χ2n) is 8.67. The smallest absolute Gasteiger partial charge is 0.316 e. The first-order chi connectivity index (χ1) is 16.3. The average molecular weight is 436 g/mol. The van der Waals surface area contributed by atoms with Crippen LogP contribution in [-0.2, 0) is 25.9 Å². The molecular formula is C29H29N3O. The summed E-state index contributed by atoms with van der Waals surface area (Å²) in [5.74, 6) is 0. The Morgan fingerprint density at radius 3 is 2.06 bits per heavy atom. The van der Waals surface area contributed by atoms with Crippen LogP contribution in [0, 0.1) is 0 Å². The van der Waals surface area contributed by atoms with Gasteiger partial charge >= 0.3 is 6.01 Å². The molecule has 5 rings (SSSR count). The molecule has 3 aromatic carbocycles. The molecule has 0 radical (unpaired) electrons. The van der Waals surface area contributed by atoms with Crippen LogP contribution in [0.25, 0.3) is 11.1 Å². The van der Waals surface area contributed by atoms with E-state index in [0.29, 0.717) is 12.1 Å². The van der Waals surface area contributed by atoms with Gasteiger partial charge in [0.25, 0.3) is 0 Å². The molecule has 0 saturated heterocycles. The third-order valence-electron chi connectivity index (χ3n) is 6.55. The first-order valence-corrected chi connectivity index (χ1v) is 11.6. The van der Waals surface area contributed by atoms with Crippen LogP contribution in [0.5, 0.6) is 6.01 Å². The molecule has 0 aliphatic heterocycles.